The lowest BCUT2D eigenvalue weighted by Gasteiger charge is -2.05. The summed E-state index contributed by atoms with van der Waals surface area (Å²) in [5.74, 6) is 0.119. The molecule has 0 unspecified atom stereocenters. The van der Waals surface area contributed by atoms with Gasteiger partial charge in [0.25, 0.3) is 6.43 Å². The maximum Gasteiger partial charge on any atom is 0.257 e. The first-order valence-corrected chi connectivity index (χ1v) is 5.98. The Morgan fingerprint density at radius 2 is 1.76 bits per heavy atom. The number of alkyl halides is 2. The maximum absolute atomic E-state index is 11.8. The summed E-state index contributed by atoms with van der Waals surface area (Å²) in [6.07, 6.45) is 4.75. The fourth-order valence-corrected chi connectivity index (χ4v) is 1.35. The predicted octanol–water partition coefficient (Wildman–Crippen LogP) is 3.13. The van der Waals surface area contributed by atoms with Gasteiger partial charge in [-0.1, -0.05) is 39.0 Å². The highest BCUT2D eigenvalue weighted by atomic mass is 127. The molecule has 0 bridgehead atoms. The fraction of sp³-hybridized carbons (Fsp3) is 0.909. The van der Waals surface area contributed by atoms with Crippen LogP contribution in [-0.4, -0.2) is 25.5 Å². The third kappa shape index (κ3) is 15.9. The van der Waals surface area contributed by atoms with Crippen LogP contribution in [0.4, 0.5) is 8.78 Å². The number of hydrogen-bond donors (Lipinski definition) is 2. The van der Waals surface area contributed by atoms with Crippen LogP contribution in [0.3, 0.4) is 0 Å². The molecule has 3 N–H and O–H groups in total. The molecule has 0 aliphatic rings. The Labute approximate surface area is 120 Å². The molecule has 0 radical (unpaired) electrons. The number of halogens is 3. The van der Waals surface area contributed by atoms with E-state index in [4.69, 9.17) is 5.73 Å². The molecule has 0 spiro atoms. The molecule has 17 heavy (non-hydrogen) atoms. The Morgan fingerprint density at radius 3 is 2.35 bits per heavy atom. The highest BCUT2D eigenvalue weighted by molar-refractivity contribution is 14.0. The van der Waals surface area contributed by atoms with Crippen LogP contribution in [0.1, 0.15) is 45.4 Å². The van der Waals surface area contributed by atoms with Crippen molar-refractivity contribution in [2.75, 3.05) is 13.1 Å². The van der Waals surface area contributed by atoms with Crippen LogP contribution in [-0.2, 0) is 0 Å². The zero-order valence-electron chi connectivity index (χ0n) is 10.4. The highest BCUT2D eigenvalue weighted by Gasteiger charge is 1.99. The van der Waals surface area contributed by atoms with Crippen LogP contribution in [0.2, 0.25) is 0 Å². The van der Waals surface area contributed by atoms with Crippen LogP contribution in [0, 0.1) is 0 Å². The molecule has 0 aromatic rings. The summed E-state index contributed by atoms with van der Waals surface area (Å²) in [5, 5.41) is 2.82. The van der Waals surface area contributed by atoms with E-state index in [1.54, 1.807) is 0 Å². The number of nitrogens with zero attached hydrogens (tertiary/aromatic N) is 1. The first-order valence-electron chi connectivity index (χ1n) is 5.98. The topological polar surface area (TPSA) is 50.4 Å². The van der Waals surface area contributed by atoms with Gasteiger partial charge in [0.1, 0.15) is 6.54 Å². The molecule has 0 aromatic carbocycles. The molecule has 104 valence electrons. The molecule has 0 aromatic heterocycles. The van der Waals surface area contributed by atoms with E-state index in [2.05, 4.69) is 17.2 Å². The number of rotatable bonds is 9. The number of nitrogens with one attached hydrogen (secondary N) is 1. The van der Waals surface area contributed by atoms with Crippen molar-refractivity contribution in [3.05, 3.63) is 0 Å². The van der Waals surface area contributed by atoms with E-state index >= 15 is 0 Å². The van der Waals surface area contributed by atoms with E-state index in [0.717, 1.165) is 12.8 Å². The second-order valence-electron chi connectivity index (χ2n) is 3.81. The summed E-state index contributed by atoms with van der Waals surface area (Å²) in [7, 11) is 0. The number of unbranched alkanes of at least 4 members (excludes halogenated alkanes) is 5. The van der Waals surface area contributed by atoms with Gasteiger partial charge in [0.15, 0.2) is 5.96 Å². The van der Waals surface area contributed by atoms with Gasteiger partial charge in [0.2, 0.25) is 0 Å². The number of guanidine groups is 1. The third-order valence-corrected chi connectivity index (χ3v) is 2.24. The molecule has 0 aliphatic heterocycles. The standard InChI is InChI=1S/C11H23F2N3.HI/c1-2-3-4-5-6-7-8-15-11(14)16-9-10(12)13;/h10H,2-9H2,1H3,(H3,14,15,16);1H. The molecular formula is C11H24F2IN3. The zero-order chi connectivity index (χ0) is 12.2. The molecule has 6 heteroatoms. The lowest BCUT2D eigenvalue weighted by atomic mass is 10.1. The Balaban J connectivity index is 0. The van der Waals surface area contributed by atoms with Gasteiger partial charge in [0, 0.05) is 6.54 Å². The minimum Gasteiger partial charge on any atom is -0.370 e. The summed E-state index contributed by atoms with van der Waals surface area (Å²) >= 11 is 0. The number of aliphatic imine (C=N–C) groups is 1. The van der Waals surface area contributed by atoms with Gasteiger partial charge in [-0.05, 0) is 6.42 Å². The van der Waals surface area contributed by atoms with Crippen LogP contribution in [0.15, 0.2) is 4.99 Å². The first kappa shape index (κ1) is 19.2. The van der Waals surface area contributed by atoms with E-state index in [0.29, 0.717) is 6.54 Å². The van der Waals surface area contributed by atoms with Gasteiger partial charge < -0.3 is 11.1 Å². The molecule has 0 heterocycles. The van der Waals surface area contributed by atoms with Crippen molar-refractivity contribution in [2.45, 2.75) is 51.9 Å². The molecule has 0 aliphatic carbocycles. The summed E-state index contributed by atoms with van der Waals surface area (Å²) < 4.78 is 23.5. The predicted molar refractivity (Wildman–Crippen MR) is 79.3 cm³/mol. The molecule has 0 rings (SSSR count). The highest BCUT2D eigenvalue weighted by Crippen LogP contribution is 2.03. The van der Waals surface area contributed by atoms with Crippen molar-refractivity contribution < 1.29 is 8.78 Å². The lowest BCUT2D eigenvalue weighted by Crippen LogP contribution is -2.32. The van der Waals surface area contributed by atoms with E-state index in [1.807, 2.05) is 0 Å². The minimum atomic E-state index is -2.42. The monoisotopic (exact) mass is 363 g/mol. The largest absolute Gasteiger partial charge is 0.370 e. The zero-order valence-corrected chi connectivity index (χ0v) is 12.8. The molecule has 0 amide bonds. The van der Waals surface area contributed by atoms with Crippen LogP contribution in [0.25, 0.3) is 0 Å². The van der Waals surface area contributed by atoms with Crippen molar-refractivity contribution in [1.29, 1.82) is 0 Å². The quantitative estimate of drug-likeness (QED) is 0.286. The average molecular weight is 363 g/mol. The smallest absolute Gasteiger partial charge is 0.257 e. The minimum absolute atomic E-state index is 0. The van der Waals surface area contributed by atoms with Crippen molar-refractivity contribution in [2.24, 2.45) is 10.7 Å². The first-order chi connectivity index (χ1) is 7.66. The van der Waals surface area contributed by atoms with E-state index in [-0.39, 0.29) is 29.9 Å². The average Bonchev–Trinajstić information content (AvgIpc) is 2.25. The SMILES string of the molecule is CCCCCCCCNC(N)=NCC(F)F.I. The van der Waals surface area contributed by atoms with Crippen molar-refractivity contribution in [1.82, 2.24) is 5.32 Å². The number of hydrogen-bond acceptors (Lipinski definition) is 1. The second kappa shape index (κ2) is 13.9. The molecule has 0 saturated heterocycles. The van der Waals surface area contributed by atoms with Gasteiger partial charge >= 0.3 is 0 Å². The van der Waals surface area contributed by atoms with E-state index in [9.17, 15) is 8.78 Å². The fourth-order valence-electron chi connectivity index (χ4n) is 1.35. The molecule has 0 fully saturated rings. The molecular weight excluding hydrogens is 339 g/mol. The van der Waals surface area contributed by atoms with Crippen molar-refractivity contribution in [3.8, 4) is 0 Å². The third-order valence-electron chi connectivity index (χ3n) is 2.24. The van der Waals surface area contributed by atoms with Gasteiger partial charge in [-0.15, -0.1) is 24.0 Å². The van der Waals surface area contributed by atoms with Crippen LogP contribution >= 0.6 is 24.0 Å². The second-order valence-corrected chi connectivity index (χ2v) is 3.81. The van der Waals surface area contributed by atoms with Gasteiger partial charge in [-0.2, -0.15) is 0 Å². The summed E-state index contributed by atoms with van der Waals surface area (Å²) in [4.78, 5) is 3.50. The van der Waals surface area contributed by atoms with Gasteiger partial charge in [-0.3, -0.25) is 0 Å². The Morgan fingerprint density at radius 1 is 1.18 bits per heavy atom. The van der Waals surface area contributed by atoms with Crippen molar-refractivity contribution in [3.63, 3.8) is 0 Å². The van der Waals surface area contributed by atoms with E-state index < -0.39 is 13.0 Å². The molecule has 0 atom stereocenters. The van der Waals surface area contributed by atoms with Gasteiger partial charge in [-0.25, -0.2) is 13.8 Å². The normalized spacial score (nSPS) is 11.4. The Bertz CT molecular complexity index is 190. The summed E-state index contributed by atoms with van der Waals surface area (Å²) in [6.45, 7) is 2.38. The summed E-state index contributed by atoms with van der Waals surface area (Å²) in [5.41, 5.74) is 5.39. The molecule has 0 saturated carbocycles. The van der Waals surface area contributed by atoms with Crippen LogP contribution in [0.5, 0.6) is 0 Å². The Hall–Kier alpha value is -0.140. The van der Waals surface area contributed by atoms with Crippen molar-refractivity contribution >= 4 is 29.9 Å². The van der Waals surface area contributed by atoms with Gasteiger partial charge in [0.05, 0.1) is 0 Å². The Kier molecular flexibility index (Phi) is 15.7. The number of nitrogens with two attached hydrogens (primary N) is 1. The molecule has 3 nitrogen and oxygen atoms in total. The maximum atomic E-state index is 11.8. The van der Waals surface area contributed by atoms with E-state index in [1.165, 1.54) is 25.7 Å². The summed E-state index contributed by atoms with van der Waals surface area (Å²) in [6, 6.07) is 0. The van der Waals surface area contributed by atoms with Crippen LogP contribution < -0.4 is 11.1 Å². The lowest BCUT2D eigenvalue weighted by molar-refractivity contribution is 0.158.